The lowest BCUT2D eigenvalue weighted by Crippen LogP contribution is -2.31. The Hall–Kier alpha value is -2.67. The number of anilines is 1. The number of fused-ring (bicyclic) bond motifs is 1. The van der Waals surface area contributed by atoms with Gasteiger partial charge in [0, 0.05) is 6.54 Å². The van der Waals surface area contributed by atoms with Gasteiger partial charge in [-0.2, -0.15) is 5.10 Å². The quantitative estimate of drug-likeness (QED) is 0.719. The van der Waals surface area contributed by atoms with Crippen molar-refractivity contribution in [2.75, 3.05) is 32.1 Å². The van der Waals surface area contributed by atoms with Crippen molar-refractivity contribution in [1.82, 2.24) is 25.1 Å². The van der Waals surface area contributed by atoms with Crippen LogP contribution < -0.4 is 10.1 Å². The number of rotatable bonds is 6. The zero-order valence-electron chi connectivity index (χ0n) is 14.3. The fourth-order valence-corrected chi connectivity index (χ4v) is 3.44. The number of aromatic amines is 1. The van der Waals surface area contributed by atoms with E-state index in [9.17, 15) is 0 Å². The molecule has 3 heterocycles. The summed E-state index contributed by atoms with van der Waals surface area (Å²) >= 11 is 0. The standard InChI is InChI=1S/C18H22N6O/c1-25-14-6-4-13(5-7-14)16(24-8-2-3-9-24)11-19-17-15-10-22-23-18(15)21-12-20-17/h4-7,10,12,16H,2-3,8-9,11H2,1H3,(H2,19,20,21,22,23)/t16-/m1/s1. The molecule has 7 heteroatoms. The van der Waals surface area contributed by atoms with E-state index in [1.165, 1.54) is 18.4 Å². The van der Waals surface area contributed by atoms with E-state index in [2.05, 4.69) is 42.5 Å². The van der Waals surface area contributed by atoms with Crippen molar-refractivity contribution in [2.24, 2.45) is 0 Å². The molecule has 1 aliphatic heterocycles. The van der Waals surface area contributed by atoms with Crippen LogP contribution in [0.3, 0.4) is 0 Å². The molecule has 0 spiro atoms. The third kappa shape index (κ3) is 3.28. The second-order valence-corrected chi connectivity index (χ2v) is 6.27. The highest BCUT2D eigenvalue weighted by Gasteiger charge is 2.23. The molecule has 1 atom stereocenters. The zero-order valence-corrected chi connectivity index (χ0v) is 14.3. The first kappa shape index (κ1) is 15.8. The molecule has 0 aliphatic carbocycles. The minimum absolute atomic E-state index is 0.297. The van der Waals surface area contributed by atoms with Crippen LogP contribution >= 0.6 is 0 Å². The van der Waals surface area contributed by atoms with Crippen LogP contribution in [0.1, 0.15) is 24.4 Å². The summed E-state index contributed by atoms with van der Waals surface area (Å²) in [5, 5.41) is 11.3. The molecule has 130 valence electrons. The molecule has 0 saturated carbocycles. The number of nitrogens with zero attached hydrogens (tertiary/aromatic N) is 4. The Labute approximate surface area is 146 Å². The molecule has 1 aliphatic rings. The number of hydrogen-bond donors (Lipinski definition) is 2. The van der Waals surface area contributed by atoms with Gasteiger partial charge in [-0.3, -0.25) is 10.00 Å². The third-order valence-corrected chi connectivity index (χ3v) is 4.79. The molecule has 0 radical (unpaired) electrons. The predicted molar refractivity (Wildman–Crippen MR) is 96.7 cm³/mol. The SMILES string of the molecule is COc1ccc([C@@H](CNc2ncnc3[nH]ncc23)N2CCCC2)cc1. The van der Waals surface area contributed by atoms with Crippen molar-refractivity contribution in [3.63, 3.8) is 0 Å². The van der Waals surface area contributed by atoms with E-state index >= 15 is 0 Å². The molecule has 2 N–H and O–H groups in total. The Bertz CT molecular complexity index is 825. The normalized spacial score (nSPS) is 16.2. The average molecular weight is 338 g/mol. The van der Waals surface area contributed by atoms with Crippen molar-refractivity contribution < 1.29 is 4.74 Å². The van der Waals surface area contributed by atoms with Gasteiger partial charge in [-0.15, -0.1) is 0 Å². The number of likely N-dealkylation sites (tertiary alicyclic amines) is 1. The van der Waals surface area contributed by atoms with E-state index in [-0.39, 0.29) is 0 Å². The second-order valence-electron chi connectivity index (χ2n) is 6.27. The molecule has 1 saturated heterocycles. The summed E-state index contributed by atoms with van der Waals surface area (Å²) < 4.78 is 5.29. The van der Waals surface area contributed by atoms with Crippen LogP contribution in [-0.4, -0.2) is 51.8 Å². The van der Waals surface area contributed by atoms with Crippen molar-refractivity contribution in [3.05, 3.63) is 42.4 Å². The predicted octanol–water partition coefficient (Wildman–Crippen LogP) is 2.61. The summed E-state index contributed by atoms with van der Waals surface area (Å²) in [6.45, 7) is 3.04. The van der Waals surface area contributed by atoms with E-state index in [0.29, 0.717) is 6.04 Å². The second kappa shape index (κ2) is 7.06. The number of ether oxygens (including phenoxy) is 1. The molecule has 25 heavy (non-hydrogen) atoms. The van der Waals surface area contributed by atoms with Crippen LogP contribution in [0.4, 0.5) is 5.82 Å². The zero-order chi connectivity index (χ0) is 17.1. The minimum Gasteiger partial charge on any atom is -0.497 e. The Morgan fingerprint density at radius 1 is 1.20 bits per heavy atom. The molecular weight excluding hydrogens is 316 g/mol. The van der Waals surface area contributed by atoms with Crippen LogP contribution in [-0.2, 0) is 0 Å². The summed E-state index contributed by atoms with van der Waals surface area (Å²) in [6.07, 6.45) is 5.83. The van der Waals surface area contributed by atoms with Gasteiger partial charge in [0.05, 0.1) is 24.7 Å². The molecule has 4 rings (SSSR count). The van der Waals surface area contributed by atoms with E-state index in [1.807, 2.05) is 12.1 Å². The molecule has 3 aromatic rings. The average Bonchev–Trinajstić information content (AvgIpc) is 3.34. The van der Waals surface area contributed by atoms with Crippen molar-refractivity contribution in [2.45, 2.75) is 18.9 Å². The van der Waals surface area contributed by atoms with E-state index in [1.54, 1.807) is 19.6 Å². The van der Waals surface area contributed by atoms with Crippen LogP contribution in [0.15, 0.2) is 36.8 Å². The lowest BCUT2D eigenvalue weighted by Gasteiger charge is -2.28. The molecule has 0 unspecified atom stereocenters. The molecule has 0 bridgehead atoms. The fraction of sp³-hybridized carbons (Fsp3) is 0.389. The maximum absolute atomic E-state index is 5.29. The van der Waals surface area contributed by atoms with Gasteiger partial charge in [0.2, 0.25) is 0 Å². The highest BCUT2D eigenvalue weighted by Crippen LogP contribution is 2.27. The van der Waals surface area contributed by atoms with Gasteiger partial charge in [0.25, 0.3) is 0 Å². The minimum atomic E-state index is 0.297. The topological polar surface area (TPSA) is 79.0 Å². The van der Waals surface area contributed by atoms with Crippen molar-refractivity contribution in [1.29, 1.82) is 0 Å². The summed E-state index contributed by atoms with van der Waals surface area (Å²) in [4.78, 5) is 11.1. The first-order valence-corrected chi connectivity index (χ1v) is 8.61. The van der Waals surface area contributed by atoms with Gasteiger partial charge < -0.3 is 10.1 Å². The smallest absolute Gasteiger partial charge is 0.160 e. The number of benzene rings is 1. The lowest BCUT2D eigenvalue weighted by molar-refractivity contribution is 0.255. The van der Waals surface area contributed by atoms with E-state index in [4.69, 9.17) is 4.74 Å². The molecule has 1 fully saturated rings. The fourth-order valence-electron chi connectivity index (χ4n) is 3.44. The van der Waals surface area contributed by atoms with Gasteiger partial charge in [-0.1, -0.05) is 12.1 Å². The third-order valence-electron chi connectivity index (χ3n) is 4.79. The molecular formula is C18H22N6O. The van der Waals surface area contributed by atoms with E-state index in [0.717, 1.165) is 42.2 Å². The Morgan fingerprint density at radius 3 is 2.76 bits per heavy atom. The Balaban J connectivity index is 1.56. The summed E-state index contributed by atoms with van der Waals surface area (Å²) in [7, 11) is 1.69. The maximum atomic E-state index is 5.29. The Morgan fingerprint density at radius 2 is 2.00 bits per heavy atom. The molecule has 0 amide bonds. The van der Waals surface area contributed by atoms with Crippen LogP contribution in [0.2, 0.25) is 0 Å². The first-order valence-electron chi connectivity index (χ1n) is 8.61. The Kier molecular flexibility index (Phi) is 4.47. The van der Waals surface area contributed by atoms with E-state index < -0.39 is 0 Å². The van der Waals surface area contributed by atoms with Crippen molar-refractivity contribution in [3.8, 4) is 5.75 Å². The highest BCUT2D eigenvalue weighted by molar-refractivity contribution is 5.85. The highest BCUT2D eigenvalue weighted by atomic mass is 16.5. The largest absolute Gasteiger partial charge is 0.497 e. The molecule has 7 nitrogen and oxygen atoms in total. The van der Waals surface area contributed by atoms with Crippen LogP contribution in [0.5, 0.6) is 5.75 Å². The van der Waals surface area contributed by atoms with Gasteiger partial charge in [-0.25, -0.2) is 9.97 Å². The van der Waals surface area contributed by atoms with Crippen molar-refractivity contribution >= 4 is 16.9 Å². The van der Waals surface area contributed by atoms with Crippen LogP contribution in [0, 0.1) is 0 Å². The summed E-state index contributed by atoms with van der Waals surface area (Å²) in [5.41, 5.74) is 2.03. The molecule has 2 aromatic heterocycles. The van der Waals surface area contributed by atoms with Gasteiger partial charge in [0.15, 0.2) is 5.65 Å². The van der Waals surface area contributed by atoms with Gasteiger partial charge >= 0.3 is 0 Å². The number of aromatic nitrogens is 4. The first-order chi connectivity index (χ1) is 12.3. The number of H-pyrrole nitrogens is 1. The van der Waals surface area contributed by atoms with Crippen LogP contribution in [0.25, 0.3) is 11.0 Å². The summed E-state index contributed by atoms with van der Waals surface area (Å²) in [5.74, 6) is 1.70. The number of hydrogen-bond acceptors (Lipinski definition) is 6. The molecule has 1 aromatic carbocycles. The summed E-state index contributed by atoms with van der Waals surface area (Å²) in [6, 6.07) is 8.65. The number of nitrogens with one attached hydrogen (secondary N) is 2. The van der Waals surface area contributed by atoms with Gasteiger partial charge in [-0.05, 0) is 43.6 Å². The monoisotopic (exact) mass is 338 g/mol. The van der Waals surface area contributed by atoms with Gasteiger partial charge in [0.1, 0.15) is 17.9 Å². The lowest BCUT2D eigenvalue weighted by atomic mass is 10.1. The number of methoxy groups -OCH3 is 1. The maximum Gasteiger partial charge on any atom is 0.160 e.